The third-order valence-electron chi connectivity index (χ3n) is 4.09. The lowest BCUT2D eigenvalue weighted by molar-refractivity contribution is 0.0763. The molecule has 94 valence electrons. The van der Waals surface area contributed by atoms with Gasteiger partial charge in [-0.05, 0) is 37.5 Å². The summed E-state index contributed by atoms with van der Waals surface area (Å²) in [6.45, 7) is 6.33. The highest BCUT2D eigenvalue weighted by Crippen LogP contribution is 2.37. The largest absolute Gasteiger partial charge is 0.377 e. The third-order valence-corrected chi connectivity index (χ3v) is 4.09. The number of ether oxygens (including phenoxy) is 1. The topological polar surface area (TPSA) is 47.3 Å². The fourth-order valence-corrected chi connectivity index (χ4v) is 3.13. The molecule has 3 atom stereocenters. The molecule has 3 unspecified atom stereocenters. The van der Waals surface area contributed by atoms with Crippen LogP contribution in [0.4, 0.5) is 0 Å². The van der Waals surface area contributed by atoms with Gasteiger partial charge in [-0.25, -0.2) is 0 Å². The van der Waals surface area contributed by atoms with Gasteiger partial charge in [0, 0.05) is 25.2 Å². The molecule has 3 nitrogen and oxygen atoms in total. The molecule has 16 heavy (non-hydrogen) atoms. The number of nitrogens with one attached hydrogen (secondary N) is 1. The summed E-state index contributed by atoms with van der Waals surface area (Å²) in [6.07, 6.45) is 6.61. The van der Waals surface area contributed by atoms with Crippen molar-refractivity contribution in [1.29, 1.82) is 0 Å². The Bertz CT molecular complexity index is 224. The molecule has 0 amide bonds. The lowest BCUT2D eigenvalue weighted by atomic mass is 9.91. The van der Waals surface area contributed by atoms with E-state index in [-0.39, 0.29) is 0 Å². The van der Waals surface area contributed by atoms with E-state index >= 15 is 0 Å². The van der Waals surface area contributed by atoms with E-state index < -0.39 is 0 Å². The molecule has 2 rings (SSSR count). The molecule has 0 bridgehead atoms. The van der Waals surface area contributed by atoms with Crippen LogP contribution >= 0.6 is 0 Å². The van der Waals surface area contributed by atoms with Gasteiger partial charge in [0.2, 0.25) is 0 Å². The predicted octanol–water partition coefficient (Wildman–Crippen LogP) is 1.66. The Kier molecular flexibility index (Phi) is 3.88. The zero-order valence-electron chi connectivity index (χ0n) is 10.7. The molecule has 1 aliphatic carbocycles. The minimum absolute atomic E-state index is 0.355. The highest BCUT2D eigenvalue weighted by atomic mass is 16.5. The summed E-state index contributed by atoms with van der Waals surface area (Å²) in [5.41, 5.74) is 6.36. The monoisotopic (exact) mass is 226 g/mol. The van der Waals surface area contributed by atoms with Crippen LogP contribution in [-0.2, 0) is 4.74 Å². The summed E-state index contributed by atoms with van der Waals surface area (Å²) in [7, 11) is 0. The van der Waals surface area contributed by atoms with Crippen LogP contribution in [0.1, 0.15) is 46.0 Å². The highest BCUT2D eigenvalue weighted by Gasteiger charge is 2.34. The number of nitrogens with two attached hydrogens (primary N) is 1. The summed E-state index contributed by atoms with van der Waals surface area (Å²) >= 11 is 0. The normalized spacial score (nSPS) is 35.4. The first kappa shape index (κ1) is 12.3. The standard InChI is InChI=1S/C13H26N2O/c1-13(2)6-5-10(8-13)15-11(9-14)12-4-3-7-16-12/h10-12,15H,3-9,14H2,1-2H3. The Morgan fingerprint density at radius 2 is 2.25 bits per heavy atom. The third kappa shape index (κ3) is 2.96. The molecule has 2 fully saturated rings. The first-order valence-corrected chi connectivity index (χ1v) is 6.68. The maximum atomic E-state index is 5.86. The van der Waals surface area contributed by atoms with Crippen LogP contribution < -0.4 is 11.1 Å². The minimum Gasteiger partial charge on any atom is -0.377 e. The van der Waals surface area contributed by atoms with Gasteiger partial charge in [-0.1, -0.05) is 13.8 Å². The molecule has 0 spiro atoms. The van der Waals surface area contributed by atoms with E-state index in [2.05, 4.69) is 19.2 Å². The van der Waals surface area contributed by atoms with Crippen molar-refractivity contribution in [2.45, 2.75) is 64.1 Å². The van der Waals surface area contributed by atoms with Crippen molar-refractivity contribution in [2.75, 3.05) is 13.2 Å². The van der Waals surface area contributed by atoms with E-state index in [4.69, 9.17) is 10.5 Å². The summed E-state index contributed by atoms with van der Waals surface area (Å²) in [4.78, 5) is 0. The van der Waals surface area contributed by atoms with Crippen molar-refractivity contribution in [2.24, 2.45) is 11.1 Å². The SMILES string of the molecule is CC1(C)CCC(NC(CN)C2CCCO2)C1. The van der Waals surface area contributed by atoms with Gasteiger partial charge >= 0.3 is 0 Å². The lowest BCUT2D eigenvalue weighted by Crippen LogP contribution is -2.49. The molecule has 2 aliphatic rings. The summed E-state index contributed by atoms with van der Waals surface area (Å²) in [5.74, 6) is 0. The van der Waals surface area contributed by atoms with Crippen molar-refractivity contribution < 1.29 is 4.74 Å². The fourth-order valence-electron chi connectivity index (χ4n) is 3.13. The van der Waals surface area contributed by atoms with Crippen LogP contribution in [0.3, 0.4) is 0 Å². The quantitative estimate of drug-likeness (QED) is 0.766. The Labute approximate surface area is 99.1 Å². The maximum absolute atomic E-state index is 5.86. The van der Waals surface area contributed by atoms with Crippen LogP contribution in [0, 0.1) is 5.41 Å². The average molecular weight is 226 g/mol. The molecule has 1 heterocycles. The number of rotatable bonds is 4. The van der Waals surface area contributed by atoms with Gasteiger partial charge in [0.05, 0.1) is 6.10 Å². The Balaban J connectivity index is 1.82. The maximum Gasteiger partial charge on any atom is 0.0741 e. The van der Waals surface area contributed by atoms with Crippen LogP contribution in [0.15, 0.2) is 0 Å². The summed E-state index contributed by atoms with van der Waals surface area (Å²) < 4.78 is 5.73. The fraction of sp³-hybridized carbons (Fsp3) is 1.00. The van der Waals surface area contributed by atoms with Crippen molar-refractivity contribution >= 4 is 0 Å². The molecule has 1 saturated heterocycles. The van der Waals surface area contributed by atoms with Crippen LogP contribution in [0.25, 0.3) is 0 Å². The van der Waals surface area contributed by atoms with E-state index in [1.54, 1.807) is 0 Å². The van der Waals surface area contributed by atoms with Gasteiger partial charge in [-0.3, -0.25) is 0 Å². The van der Waals surface area contributed by atoms with E-state index in [1.807, 2.05) is 0 Å². The second kappa shape index (κ2) is 5.03. The Morgan fingerprint density at radius 3 is 2.75 bits per heavy atom. The molecule has 0 aromatic carbocycles. The summed E-state index contributed by atoms with van der Waals surface area (Å²) in [5, 5.41) is 3.71. The molecule has 3 N–H and O–H groups in total. The zero-order chi connectivity index (χ0) is 11.6. The predicted molar refractivity (Wildman–Crippen MR) is 66.4 cm³/mol. The second-order valence-corrected chi connectivity index (χ2v) is 6.16. The smallest absolute Gasteiger partial charge is 0.0741 e. The van der Waals surface area contributed by atoms with Crippen molar-refractivity contribution in [3.8, 4) is 0 Å². The van der Waals surface area contributed by atoms with Gasteiger partial charge in [-0.15, -0.1) is 0 Å². The van der Waals surface area contributed by atoms with E-state index in [9.17, 15) is 0 Å². The molecular formula is C13H26N2O. The summed E-state index contributed by atoms with van der Waals surface area (Å²) in [6, 6.07) is 1.01. The van der Waals surface area contributed by atoms with Crippen LogP contribution in [-0.4, -0.2) is 31.3 Å². The van der Waals surface area contributed by atoms with Gasteiger partial charge in [0.15, 0.2) is 0 Å². The average Bonchev–Trinajstić information content (AvgIpc) is 2.84. The van der Waals surface area contributed by atoms with Crippen LogP contribution in [0.2, 0.25) is 0 Å². The van der Waals surface area contributed by atoms with Crippen LogP contribution in [0.5, 0.6) is 0 Å². The van der Waals surface area contributed by atoms with Gasteiger partial charge in [-0.2, -0.15) is 0 Å². The van der Waals surface area contributed by atoms with Gasteiger partial charge in [0.1, 0.15) is 0 Å². The molecule has 0 radical (unpaired) electrons. The van der Waals surface area contributed by atoms with Gasteiger partial charge < -0.3 is 15.8 Å². The molecule has 0 aromatic rings. The first-order chi connectivity index (χ1) is 7.61. The molecule has 1 saturated carbocycles. The van der Waals surface area contributed by atoms with Crippen molar-refractivity contribution in [3.63, 3.8) is 0 Å². The second-order valence-electron chi connectivity index (χ2n) is 6.16. The molecule has 1 aliphatic heterocycles. The highest BCUT2D eigenvalue weighted by molar-refractivity contribution is 4.91. The molecule has 0 aromatic heterocycles. The number of hydrogen-bond acceptors (Lipinski definition) is 3. The first-order valence-electron chi connectivity index (χ1n) is 6.68. The number of hydrogen-bond donors (Lipinski definition) is 2. The van der Waals surface area contributed by atoms with Gasteiger partial charge in [0.25, 0.3) is 0 Å². The minimum atomic E-state index is 0.355. The zero-order valence-corrected chi connectivity index (χ0v) is 10.7. The van der Waals surface area contributed by atoms with E-state index in [0.717, 1.165) is 6.61 Å². The van der Waals surface area contributed by atoms with Crippen molar-refractivity contribution in [3.05, 3.63) is 0 Å². The van der Waals surface area contributed by atoms with E-state index in [0.29, 0.717) is 30.1 Å². The Hall–Kier alpha value is -0.120. The van der Waals surface area contributed by atoms with Crippen molar-refractivity contribution in [1.82, 2.24) is 5.32 Å². The lowest BCUT2D eigenvalue weighted by Gasteiger charge is -2.27. The Morgan fingerprint density at radius 1 is 1.44 bits per heavy atom. The molecule has 3 heteroatoms. The van der Waals surface area contributed by atoms with E-state index in [1.165, 1.54) is 32.1 Å². The molecular weight excluding hydrogens is 200 g/mol.